The summed E-state index contributed by atoms with van der Waals surface area (Å²) >= 11 is 0. The minimum atomic E-state index is -0.0574. The van der Waals surface area contributed by atoms with Crippen LogP contribution < -0.4 is 0 Å². The van der Waals surface area contributed by atoms with Crippen LogP contribution in [0.5, 0.6) is 0 Å². The highest BCUT2D eigenvalue weighted by atomic mass is 16.7. The molecular formula is C13H27NO2. The van der Waals surface area contributed by atoms with Crippen molar-refractivity contribution in [2.45, 2.75) is 65.3 Å². The smallest absolute Gasteiger partial charge is 0.170 e. The average Bonchev–Trinajstić information content (AvgIpc) is 2.24. The molecule has 3 nitrogen and oxygen atoms in total. The summed E-state index contributed by atoms with van der Waals surface area (Å²) < 4.78 is 11.2. The number of rotatable bonds is 6. The van der Waals surface area contributed by atoms with Crippen molar-refractivity contribution >= 4 is 0 Å². The van der Waals surface area contributed by atoms with Crippen LogP contribution in [0.2, 0.25) is 0 Å². The highest BCUT2D eigenvalue weighted by Gasteiger charge is 2.27. The lowest BCUT2D eigenvalue weighted by Gasteiger charge is -2.40. The number of nitrogens with zero attached hydrogens (tertiary/aromatic N) is 1. The van der Waals surface area contributed by atoms with Gasteiger partial charge in [-0.3, -0.25) is 4.90 Å². The van der Waals surface area contributed by atoms with E-state index in [0.717, 1.165) is 19.8 Å². The fraction of sp³-hybridized carbons (Fsp3) is 1.00. The van der Waals surface area contributed by atoms with Gasteiger partial charge in [-0.25, -0.2) is 0 Å². The van der Waals surface area contributed by atoms with Crippen molar-refractivity contribution in [3.05, 3.63) is 0 Å². The number of ether oxygens (including phenoxy) is 2. The molecule has 0 aromatic rings. The average molecular weight is 229 g/mol. The number of hydrogen-bond acceptors (Lipinski definition) is 3. The summed E-state index contributed by atoms with van der Waals surface area (Å²) in [5.41, 5.74) is 0. The molecule has 3 heteroatoms. The monoisotopic (exact) mass is 229 g/mol. The van der Waals surface area contributed by atoms with Crippen LogP contribution in [0.3, 0.4) is 0 Å². The Morgan fingerprint density at radius 3 is 2.00 bits per heavy atom. The van der Waals surface area contributed by atoms with Crippen LogP contribution in [0.15, 0.2) is 0 Å². The first kappa shape index (κ1) is 13.9. The Morgan fingerprint density at radius 1 is 1.06 bits per heavy atom. The molecule has 1 heterocycles. The summed E-state index contributed by atoms with van der Waals surface area (Å²) in [5, 5.41) is 0. The third-order valence-electron chi connectivity index (χ3n) is 3.44. The van der Waals surface area contributed by atoms with E-state index in [1.54, 1.807) is 0 Å². The molecule has 0 saturated carbocycles. The number of hydrogen-bond donors (Lipinski definition) is 0. The largest absolute Gasteiger partial charge is 0.352 e. The van der Waals surface area contributed by atoms with E-state index >= 15 is 0 Å². The Kier molecular flexibility index (Phi) is 6.32. The summed E-state index contributed by atoms with van der Waals surface area (Å²) in [4.78, 5) is 2.53. The van der Waals surface area contributed by atoms with Gasteiger partial charge in [0.15, 0.2) is 6.29 Å². The zero-order valence-corrected chi connectivity index (χ0v) is 11.2. The Bertz CT molecular complexity index is 171. The third kappa shape index (κ3) is 4.04. The first-order valence-corrected chi connectivity index (χ1v) is 6.68. The molecule has 1 rings (SSSR count). The molecule has 2 unspecified atom stereocenters. The minimum absolute atomic E-state index is 0.0574. The lowest BCUT2D eigenvalue weighted by molar-refractivity contribution is -0.156. The first-order valence-electron chi connectivity index (χ1n) is 6.68. The van der Waals surface area contributed by atoms with Crippen LogP contribution in [-0.2, 0) is 9.47 Å². The second-order valence-electron chi connectivity index (χ2n) is 4.67. The maximum absolute atomic E-state index is 5.62. The van der Waals surface area contributed by atoms with Crippen molar-refractivity contribution in [1.82, 2.24) is 4.90 Å². The number of piperidine rings is 1. The molecular weight excluding hydrogens is 202 g/mol. The van der Waals surface area contributed by atoms with Gasteiger partial charge in [0.25, 0.3) is 0 Å². The van der Waals surface area contributed by atoms with Gasteiger partial charge in [-0.2, -0.15) is 0 Å². The molecule has 0 aromatic heterocycles. The standard InChI is InChI=1S/C13H27NO2/c1-5-15-13(16-6-2)10-14-11(3)8-7-9-12(14)4/h11-13H,5-10H2,1-4H3. The molecule has 0 amide bonds. The molecule has 0 N–H and O–H groups in total. The van der Waals surface area contributed by atoms with Gasteiger partial charge in [-0.15, -0.1) is 0 Å². The van der Waals surface area contributed by atoms with Gasteiger partial charge < -0.3 is 9.47 Å². The molecule has 96 valence electrons. The molecule has 16 heavy (non-hydrogen) atoms. The first-order chi connectivity index (χ1) is 7.69. The fourth-order valence-corrected chi connectivity index (χ4v) is 2.53. The van der Waals surface area contributed by atoms with Crippen molar-refractivity contribution < 1.29 is 9.47 Å². The zero-order chi connectivity index (χ0) is 12.0. The molecule has 1 aliphatic heterocycles. The predicted molar refractivity (Wildman–Crippen MR) is 66.5 cm³/mol. The predicted octanol–water partition coefficient (Wildman–Crippen LogP) is 2.65. The molecule has 1 saturated heterocycles. The van der Waals surface area contributed by atoms with Crippen molar-refractivity contribution in [3.63, 3.8) is 0 Å². The normalized spacial score (nSPS) is 27.6. The van der Waals surface area contributed by atoms with Crippen LogP contribution in [0.1, 0.15) is 47.0 Å². The molecule has 0 aliphatic carbocycles. The summed E-state index contributed by atoms with van der Waals surface area (Å²) in [6.07, 6.45) is 3.90. The maximum atomic E-state index is 5.62. The van der Waals surface area contributed by atoms with E-state index in [2.05, 4.69) is 18.7 Å². The SMILES string of the molecule is CCOC(CN1C(C)CCCC1C)OCC. The lowest BCUT2D eigenvalue weighted by Crippen LogP contribution is -2.48. The minimum Gasteiger partial charge on any atom is -0.352 e. The van der Waals surface area contributed by atoms with E-state index < -0.39 is 0 Å². The van der Waals surface area contributed by atoms with Crippen molar-refractivity contribution in [3.8, 4) is 0 Å². The highest BCUT2D eigenvalue weighted by molar-refractivity contribution is 4.80. The van der Waals surface area contributed by atoms with E-state index in [1.165, 1.54) is 19.3 Å². The van der Waals surface area contributed by atoms with Gasteiger partial charge in [0.05, 0.1) is 6.54 Å². The van der Waals surface area contributed by atoms with Crippen LogP contribution >= 0.6 is 0 Å². The van der Waals surface area contributed by atoms with Gasteiger partial charge in [-0.1, -0.05) is 6.42 Å². The van der Waals surface area contributed by atoms with Crippen LogP contribution in [0.25, 0.3) is 0 Å². The Morgan fingerprint density at radius 2 is 1.56 bits per heavy atom. The van der Waals surface area contributed by atoms with Gasteiger partial charge in [-0.05, 0) is 40.5 Å². The zero-order valence-electron chi connectivity index (χ0n) is 11.2. The van der Waals surface area contributed by atoms with Crippen LogP contribution in [0.4, 0.5) is 0 Å². The van der Waals surface area contributed by atoms with Gasteiger partial charge in [0.1, 0.15) is 0 Å². The molecule has 0 radical (unpaired) electrons. The second kappa shape index (κ2) is 7.25. The molecule has 0 aromatic carbocycles. The van der Waals surface area contributed by atoms with Crippen molar-refractivity contribution in [1.29, 1.82) is 0 Å². The number of likely N-dealkylation sites (tertiary alicyclic amines) is 1. The van der Waals surface area contributed by atoms with Crippen molar-refractivity contribution in [2.75, 3.05) is 19.8 Å². The quantitative estimate of drug-likeness (QED) is 0.654. The molecule has 1 aliphatic rings. The molecule has 0 bridgehead atoms. The third-order valence-corrected chi connectivity index (χ3v) is 3.44. The van der Waals surface area contributed by atoms with Gasteiger partial charge in [0.2, 0.25) is 0 Å². The Hall–Kier alpha value is -0.120. The van der Waals surface area contributed by atoms with Crippen molar-refractivity contribution in [2.24, 2.45) is 0 Å². The lowest BCUT2D eigenvalue weighted by atomic mass is 9.97. The highest BCUT2D eigenvalue weighted by Crippen LogP contribution is 2.23. The maximum Gasteiger partial charge on any atom is 0.170 e. The van der Waals surface area contributed by atoms with E-state index in [1.807, 2.05) is 13.8 Å². The van der Waals surface area contributed by atoms with Crippen LogP contribution in [-0.4, -0.2) is 43.0 Å². The van der Waals surface area contributed by atoms with E-state index in [0.29, 0.717) is 12.1 Å². The molecule has 0 spiro atoms. The second-order valence-corrected chi connectivity index (χ2v) is 4.67. The Balaban J connectivity index is 2.46. The Labute approximate surface area is 100 Å². The van der Waals surface area contributed by atoms with Gasteiger partial charge in [0, 0.05) is 25.3 Å². The van der Waals surface area contributed by atoms with E-state index in [4.69, 9.17) is 9.47 Å². The topological polar surface area (TPSA) is 21.7 Å². The van der Waals surface area contributed by atoms with E-state index in [-0.39, 0.29) is 6.29 Å². The molecule has 2 atom stereocenters. The van der Waals surface area contributed by atoms with E-state index in [9.17, 15) is 0 Å². The summed E-state index contributed by atoms with van der Waals surface area (Å²) in [7, 11) is 0. The fourth-order valence-electron chi connectivity index (χ4n) is 2.53. The van der Waals surface area contributed by atoms with Crippen LogP contribution in [0, 0.1) is 0 Å². The summed E-state index contributed by atoms with van der Waals surface area (Å²) in [6.45, 7) is 11.0. The molecule has 1 fully saturated rings. The van der Waals surface area contributed by atoms with Gasteiger partial charge >= 0.3 is 0 Å². The summed E-state index contributed by atoms with van der Waals surface area (Å²) in [5.74, 6) is 0. The summed E-state index contributed by atoms with van der Waals surface area (Å²) in [6, 6.07) is 1.32.